The average Bonchev–Trinajstić information content (AvgIpc) is 3.63. The van der Waals surface area contributed by atoms with Crippen molar-refractivity contribution in [2.24, 2.45) is 0 Å². The van der Waals surface area contributed by atoms with Gasteiger partial charge in [0.05, 0.1) is 22.8 Å². The maximum Gasteiger partial charge on any atom is 0.228 e. The van der Waals surface area contributed by atoms with Crippen LogP contribution in [0.25, 0.3) is 16.8 Å². The Morgan fingerprint density at radius 3 is 2.78 bits per heavy atom. The van der Waals surface area contributed by atoms with Crippen LogP contribution in [0, 0.1) is 18.3 Å². The number of aromatic nitrogens is 7. The molecule has 1 aliphatic carbocycles. The van der Waals surface area contributed by atoms with Gasteiger partial charge in [0, 0.05) is 18.2 Å². The average molecular weight is 500 g/mol. The lowest BCUT2D eigenvalue weighted by Crippen LogP contribution is -2.17. The Morgan fingerprint density at radius 2 is 2.00 bits per heavy atom. The molecule has 180 valence electrons. The minimum atomic E-state index is -3.94. The van der Waals surface area contributed by atoms with Gasteiger partial charge in [-0.15, -0.1) is 10.2 Å². The number of nitriles is 1. The third-order valence-corrected chi connectivity index (χ3v) is 8.41. The number of fused-ring (bicyclic) bond motifs is 3. The Kier molecular flexibility index (Phi) is 5.15. The van der Waals surface area contributed by atoms with Crippen LogP contribution in [0.1, 0.15) is 42.3 Å². The first kappa shape index (κ1) is 22.1. The molecule has 0 spiro atoms. The molecule has 4 heterocycles. The van der Waals surface area contributed by atoms with E-state index in [1.54, 1.807) is 43.6 Å². The van der Waals surface area contributed by atoms with E-state index in [9.17, 15) is 8.42 Å². The molecule has 2 atom stereocenters. The van der Waals surface area contributed by atoms with E-state index in [0.717, 1.165) is 24.8 Å². The van der Waals surface area contributed by atoms with E-state index < -0.39 is 9.84 Å². The van der Waals surface area contributed by atoms with Gasteiger partial charge in [-0.05, 0) is 43.9 Å². The normalized spacial score (nSPS) is 18.0. The quantitative estimate of drug-likeness (QED) is 0.371. The highest BCUT2D eigenvalue weighted by Crippen LogP contribution is 2.37. The van der Waals surface area contributed by atoms with E-state index in [0.29, 0.717) is 22.9 Å². The van der Waals surface area contributed by atoms with E-state index >= 15 is 0 Å². The number of hydrogen-bond donors (Lipinski definition) is 2. The molecule has 4 aromatic heterocycles. The van der Waals surface area contributed by atoms with Crippen molar-refractivity contribution in [2.45, 2.75) is 48.1 Å². The summed E-state index contributed by atoms with van der Waals surface area (Å²) < 4.78 is 29.1. The molecule has 0 saturated heterocycles. The number of H-pyrrole nitrogens is 1. The van der Waals surface area contributed by atoms with Crippen molar-refractivity contribution in [1.29, 1.82) is 5.26 Å². The molecular formula is C24H21N9O2S. The third kappa shape index (κ3) is 3.56. The number of benzene rings is 1. The van der Waals surface area contributed by atoms with Crippen LogP contribution in [-0.4, -0.2) is 49.0 Å². The standard InChI is InChI=1S/C24H21N9O2S/c1-14-4-2-3-5-19(14)36(34,35)24-23-32-31-22(33(23)18-8-9-26-21(18)30-24)15-6-7-16(10-15)29-20-13-27-17(11-25)12-28-20/h2-5,8-9,12-13,15-16,26H,6-7,10H2,1H3,(H,28,29)/t15-,16-/m1/s1. The predicted octanol–water partition coefficient (Wildman–Crippen LogP) is 3.16. The van der Waals surface area contributed by atoms with Gasteiger partial charge in [-0.2, -0.15) is 5.26 Å². The van der Waals surface area contributed by atoms with Crippen molar-refractivity contribution in [3.8, 4) is 6.07 Å². The maximum atomic E-state index is 13.7. The van der Waals surface area contributed by atoms with Crippen LogP contribution in [0.2, 0.25) is 0 Å². The molecule has 1 fully saturated rings. The molecule has 0 bridgehead atoms. The van der Waals surface area contributed by atoms with Crippen molar-refractivity contribution in [3.05, 3.63) is 66.0 Å². The molecule has 0 unspecified atom stereocenters. The van der Waals surface area contributed by atoms with Crippen molar-refractivity contribution >= 4 is 32.5 Å². The minimum absolute atomic E-state index is 0.0540. The van der Waals surface area contributed by atoms with E-state index in [-0.39, 0.29) is 33.2 Å². The second-order valence-electron chi connectivity index (χ2n) is 8.86. The molecule has 36 heavy (non-hydrogen) atoms. The number of aryl methyl sites for hydroxylation is 1. The number of nitrogens with one attached hydrogen (secondary N) is 2. The summed E-state index contributed by atoms with van der Waals surface area (Å²) in [4.78, 5) is 16.0. The van der Waals surface area contributed by atoms with Gasteiger partial charge in [-0.3, -0.25) is 4.40 Å². The highest BCUT2D eigenvalue weighted by Gasteiger charge is 2.33. The first-order valence-corrected chi connectivity index (χ1v) is 13.0. The zero-order chi connectivity index (χ0) is 24.9. The van der Waals surface area contributed by atoms with E-state index in [2.05, 4.69) is 35.5 Å². The molecule has 11 nitrogen and oxygen atoms in total. The van der Waals surface area contributed by atoms with Gasteiger partial charge in [0.2, 0.25) is 14.9 Å². The van der Waals surface area contributed by atoms with Gasteiger partial charge < -0.3 is 10.3 Å². The van der Waals surface area contributed by atoms with Gasteiger partial charge in [0.15, 0.2) is 17.0 Å². The fourth-order valence-corrected chi connectivity index (χ4v) is 6.41. The summed E-state index contributed by atoms with van der Waals surface area (Å²) in [6.07, 6.45) is 7.19. The van der Waals surface area contributed by atoms with Crippen molar-refractivity contribution in [2.75, 3.05) is 5.32 Å². The fraction of sp³-hybridized carbons (Fsp3) is 0.250. The molecule has 2 N–H and O–H groups in total. The molecule has 0 radical (unpaired) electrons. The zero-order valence-electron chi connectivity index (χ0n) is 19.3. The van der Waals surface area contributed by atoms with Crippen LogP contribution in [0.15, 0.2) is 58.8 Å². The summed E-state index contributed by atoms with van der Waals surface area (Å²) in [5, 5.41) is 21.0. The second kappa shape index (κ2) is 8.39. The number of anilines is 1. The van der Waals surface area contributed by atoms with Crippen LogP contribution >= 0.6 is 0 Å². The number of aromatic amines is 1. The van der Waals surface area contributed by atoms with E-state index in [1.807, 2.05) is 16.5 Å². The summed E-state index contributed by atoms with van der Waals surface area (Å²) in [6, 6.07) is 10.8. The largest absolute Gasteiger partial charge is 0.366 e. The Morgan fingerprint density at radius 1 is 1.14 bits per heavy atom. The lowest BCUT2D eigenvalue weighted by molar-refractivity contribution is 0.592. The molecule has 5 aromatic rings. The highest BCUT2D eigenvalue weighted by molar-refractivity contribution is 7.91. The molecule has 0 aliphatic heterocycles. The smallest absolute Gasteiger partial charge is 0.228 e. The summed E-state index contributed by atoms with van der Waals surface area (Å²) in [6.45, 7) is 1.76. The first-order valence-electron chi connectivity index (χ1n) is 11.5. The Hall–Kier alpha value is -4.37. The minimum Gasteiger partial charge on any atom is -0.366 e. The number of rotatable bonds is 5. The van der Waals surface area contributed by atoms with E-state index in [4.69, 9.17) is 5.26 Å². The molecule has 12 heteroatoms. The Bertz CT molecular complexity index is 1750. The van der Waals surface area contributed by atoms with Crippen LogP contribution in [0.3, 0.4) is 0 Å². The zero-order valence-corrected chi connectivity index (χ0v) is 20.1. The van der Waals surface area contributed by atoms with Gasteiger partial charge in [-0.1, -0.05) is 18.2 Å². The van der Waals surface area contributed by atoms with Crippen LogP contribution in [0.5, 0.6) is 0 Å². The highest BCUT2D eigenvalue weighted by atomic mass is 32.2. The van der Waals surface area contributed by atoms with Crippen LogP contribution in [-0.2, 0) is 9.84 Å². The van der Waals surface area contributed by atoms with Gasteiger partial charge >= 0.3 is 0 Å². The van der Waals surface area contributed by atoms with Gasteiger partial charge in [-0.25, -0.2) is 23.4 Å². The summed E-state index contributed by atoms with van der Waals surface area (Å²) >= 11 is 0. The lowest BCUT2D eigenvalue weighted by atomic mass is 10.1. The van der Waals surface area contributed by atoms with Crippen molar-refractivity contribution in [3.63, 3.8) is 0 Å². The predicted molar refractivity (Wildman–Crippen MR) is 130 cm³/mol. The van der Waals surface area contributed by atoms with Crippen LogP contribution < -0.4 is 5.32 Å². The molecule has 1 aliphatic rings. The third-order valence-electron chi connectivity index (χ3n) is 6.59. The number of hydrogen-bond acceptors (Lipinski definition) is 9. The summed E-state index contributed by atoms with van der Waals surface area (Å²) in [5.74, 6) is 1.36. The molecular weight excluding hydrogens is 478 g/mol. The maximum absolute atomic E-state index is 13.7. The van der Waals surface area contributed by atoms with Crippen molar-refractivity contribution in [1.82, 2.24) is 34.5 Å². The topological polar surface area (TPSA) is 155 Å². The fourth-order valence-electron chi connectivity index (χ4n) is 4.87. The van der Waals surface area contributed by atoms with Crippen LogP contribution in [0.4, 0.5) is 5.82 Å². The first-order chi connectivity index (χ1) is 17.5. The Balaban J connectivity index is 1.39. The monoisotopic (exact) mass is 499 g/mol. The SMILES string of the molecule is Cc1ccccc1S(=O)(=O)c1nc2[nH]ccc2n2c([C@@H]3CC[C@@H](Nc4cnc(C#N)cn4)C3)nnc12. The number of nitrogens with zero attached hydrogens (tertiary/aromatic N) is 7. The summed E-state index contributed by atoms with van der Waals surface area (Å²) in [7, 11) is -3.94. The molecule has 1 aromatic carbocycles. The van der Waals surface area contributed by atoms with Gasteiger partial charge in [0.25, 0.3) is 0 Å². The van der Waals surface area contributed by atoms with Crippen molar-refractivity contribution < 1.29 is 8.42 Å². The molecule has 0 amide bonds. The summed E-state index contributed by atoms with van der Waals surface area (Å²) in [5.41, 5.74) is 2.30. The second-order valence-corrected chi connectivity index (χ2v) is 10.7. The molecule has 1 saturated carbocycles. The van der Waals surface area contributed by atoms with Gasteiger partial charge in [0.1, 0.15) is 17.7 Å². The van der Waals surface area contributed by atoms with E-state index in [1.165, 1.54) is 6.20 Å². The molecule has 6 rings (SSSR count). The Labute approximate surface area is 206 Å². The lowest BCUT2D eigenvalue weighted by Gasteiger charge is -2.14. The number of sulfone groups is 1.